The lowest BCUT2D eigenvalue weighted by molar-refractivity contribution is 0.539. The van der Waals surface area contributed by atoms with E-state index in [4.69, 9.17) is 11.6 Å². The SMILES string of the molecule is CC(C)CNCc1ncn(Cc2ccc(F)cc2Cl)n1. The molecule has 0 amide bonds. The molecule has 0 radical (unpaired) electrons. The number of hydrogen-bond donors (Lipinski definition) is 1. The van der Waals surface area contributed by atoms with Gasteiger partial charge in [-0.25, -0.2) is 14.1 Å². The van der Waals surface area contributed by atoms with Crippen LogP contribution in [0.2, 0.25) is 5.02 Å². The molecule has 0 aliphatic heterocycles. The minimum atomic E-state index is -0.337. The predicted octanol–water partition coefficient (Wildman–Crippen LogP) is 2.86. The van der Waals surface area contributed by atoms with Crippen molar-refractivity contribution in [1.82, 2.24) is 20.1 Å². The zero-order chi connectivity index (χ0) is 14.5. The summed E-state index contributed by atoms with van der Waals surface area (Å²) < 4.78 is 14.7. The van der Waals surface area contributed by atoms with Crippen LogP contribution in [0.4, 0.5) is 4.39 Å². The third-order valence-electron chi connectivity index (χ3n) is 2.77. The van der Waals surface area contributed by atoms with Gasteiger partial charge in [-0.1, -0.05) is 31.5 Å². The summed E-state index contributed by atoms with van der Waals surface area (Å²) in [6.07, 6.45) is 1.66. The molecule has 0 saturated carbocycles. The smallest absolute Gasteiger partial charge is 0.164 e. The molecular weight excluding hydrogens is 279 g/mol. The Bertz CT molecular complexity index is 568. The number of rotatable bonds is 6. The van der Waals surface area contributed by atoms with E-state index in [2.05, 4.69) is 29.2 Å². The summed E-state index contributed by atoms with van der Waals surface area (Å²) >= 11 is 5.99. The van der Waals surface area contributed by atoms with Crippen molar-refractivity contribution in [2.75, 3.05) is 6.54 Å². The fourth-order valence-electron chi connectivity index (χ4n) is 1.79. The van der Waals surface area contributed by atoms with Gasteiger partial charge in [0.1, 0.15) is 12.1 Å². The first-order chi connectivity index (χ1) is 9.54. The molecule has 1 aromatic heterocycles. The van der Waals surface area contributed by atoms with E-state index in [-0.39, 0.29) is 5.82 Å². The normalized spacial score (nSPS) is 11.2. The molecule has 1 N–H and O–H groups in total. The Labute approximate surface area is 123 Å². The summed E-state index contributed by atoms with van der Waals surface area (Å²) in [5, 5.41) is 8.04. The maximum atomic E-state index is 13.0. The standard InChI is InChI=1S/C14H18ClFN4/c1-10(2)6-17-7-14-18-9-20(19-14)8-11-3-4-12(16)5-13(11)15/h3-5,9-10,17H,6-8H2,1-2H3. The Balaban J connectivity index is 1.95. The van der Waals surface area contributed by atoms with E-state index in [0.29, 0.717) is 24.0 Å². The fourth-order valence-corrected chi connectivity index (χ4v) is 2.01. The molecule has 0 fully saturated rings. The molecule has 0 atom stereocenters. The van der Waals surface area contributed by atoms with Crippen LogP contribution in [0.5, 0.6) is 0 Å². The molecule has 1 heterocycles. The Morgan fingerprint density at radius 3 is 2.90 bits per heavy atom. The van der Waals surface area contributed by atoms with Gasteiger partial charge in [0.2, 0.25) is 0 Å². The van der Waals surface area contributed by atoms with Gasteiger partial charge in [0.15, 0.2) is 5.82 Å². The van der Waals surface area contributed by atoms with Crippen LogP contribution < -0.4 is 5.32 Å². The minimum absolute atomic E-state index is 0.337. The monoisotopic (exact) mass is 296 g/mol. The number of halogens is 2. The van der Waals surface area contributed by atoms with Crippen molar-refractivity contribution in [3.63, 3.8) is 0 Å². The molecule has 4 nitrogen and oxygen atoms in total. The first-order valence-electron chi connectivity index (χ1n) is 6.57. The van der Waals surface area contributed by atoms with Gasteiger partial charge in [0, 0.05) is 5.02 Å². The number of aromatic nitrogens is 3. The molecule has 20 heavy (non-hydrogen) atoms. The molecule has 0 spiro atoms. The maximum Gasteiger partial charge on any atom is 0.164 e. The van der Waals surface area contributed by atoms with E-state index in [1.165, 1.54) is 12.1 Å². The van der Waals surface area contributed by atoms with Crippen LogP contribution in [0, 0.1) is 11.7 Å². The topological polar surface area (TPSA) is 42.7 Å². The van der Waals surface area contributed by atoms with E-state index in [1.54, 1.807) is 17.1 Å². The summed E-state index contributed by atoms with van der Waals surface area (Å²) in [6.45, 7) is 6.35. The highest BCUT2D eigenvalue weighted by Crippen LogP contribution is 2.17. The molecule has 6 heteroatoms. The van der Waals surface area contributed by atoms with E-state index in [1.807, 2.05) is 0 Å². The van der Waals surface area contributed by atoms with Crippen LogP contribution in [0.1, 0.15) is 25.2 Å². The van der Waals surface area contributed by atoms with Crippen molar-refractivity contribution >= 4 is 11.6 Å². The molecule has 108 valence electrons. The Kier molecular flexibility index (Phi) is 5.09. The first kappa shape index (κ1) is 14.9. The van der Waals surface area contributed by atoms with Crippen LogP contribution in [0.25, 0.3) is 0 Å². The minimum Gasteiger partial charge on any atom is -0.310 e. The zero-order valence-corrected chi connectivity index (χ0v) is 12.4. The van der Waals surface area contributed by atoms with Crippen LogP contribution in [0.15, 0.2) is 24.5 Å². The molecular formula is C14H18ClFN4. The highest BCUT2D eigenvalue weighted by Gasteiger charge is 2.06. The number of nitrogens with zero attached hydrogens (tertiary/aromatic N) is 3. The van der Waals surface area contributed by atoms with Crippen molar-refractivity contribution in [3.8, 4) is 0 Å². The van der Waals surface area contributed by atoms with Crippen LogP contribution >= 0.6 is 11.6 Å². The lowest BCUT2D eigenvalue weighted by atomic mass is 10.2. The highest BCUT2D eigenvalue weighted by molar-refractivity contribution is 6.31. The number of nitrogens with one attached hydrogen (secondary N) is 1. The summed E-state index contributed by atoms with van der Waals surface area (Å²) in [7, 11) is 0. The van der Waals surface area contributed by atoms with E-state index < -0.39 is 0 Å². The maximum absolute atomic E-state index is 13.0. The molecule has 2 aromatic rings. The molecule has 0 saturated heterocycles. The van der Waals surface area contributed by atoms with Crippen molar-refractivity contribution in [3.05, 3.63) is 46.8 Å². The van der Waals surface area contributed by atoms with Gasteiger partial charge < -0.3 is 5.32 Å². The summed E-state index contributed by atoms with van der Waals surface area (Å²) in [5.41, 5.74) is 0.819. The third kappa shape index (κ3) is 4.28. The summed E-state index contributed by atoms with van der Waals surface area (Å²) in [5.74, 6) is 0.995. The van der Waals surface area contributed by atoms with E-state index >= 15 is 0 Å². The predicted molar refractivity (Wildman–Crippen MR) is 77.1 cm³/mol. The van der Waals surface area contributed by atoms with Crippen LogP contribution in [0.3, 0.4) is 0 Å². The number of benzene rings is 1. The van der Waals surface area contributed by atoms with Gasteiger partial charge in [-0.05, 0) is 30.2 Å². The largest absolute Gasteiger partial charge is 0.310 e. The van der Waals surface area contributed by atoms with Crippen molar-refractivity contribution in [2.24, 2.45) is 5.92 Å². The van der Waals surface area contributed by atoms with Gasteiger partial charge in [-0.3, -0.25) is 0 Å². The molecule has 2 rings (SSSR count). The lowest BCUT2D eigenvalue weighted by Crippen LogP contribution is -2.19. The second-order valence-corrected chi connectivity index (χ2v) is 5.53. The summed E-state index contributed by atoms with van der Waals surface area (Å²) in [6, 6.07) is 4.36. The van der Waals surface area contributed by atoms with Crippen LogP contribution in [-0.4, -0.2) is 21.3 Å². The van der Waals surface area contributed by atoms with Gasteiger partial charge in [0.25, 0.3) is 0 Å². The Morgan fingerprint density at radius 2 is 2.20 bits per heavy atom. The summed E-state index contributed by atoms with van der Waals surface area (Å²) in [4.78, 5) is 4.23. The van der Waals surface area contributed by atoms with E-state index in [0.717, 1.165) is 17.9 Å². The van der Waals surface area contributed by atoms with Crippen molar-refractivity contribution in [2.45, 2.75) is 26.9 Å². The molecule has 1 aromatic carbocycles. The lowest BCUT2D eigenvalue weighted by Gasteiger charge is -2.05. The average Bonchev–Trinajstić information content (AvgIpc) is 2.80. The molecule has 0 aliphatic carbocycles. The molecule has 0 aliphatic rings. The van der Waals surface area contributed by atoms with Gasteiger partial charge >= 0.3 is 0 Å². The second kappa shape index (κ2) is 6.81. The van der Waals surface area contributed by atoms with Crippen molar-refractivity contribution in [1.29, 1.82) is 0 Å². The van der Waals surface area contributed by atoms with Gasteiger partial charge in [0.05, 0.1) is 13.1 Å². The van der Waals surface area contributed by atoms with Crippen LogP contribution in [-0.2, 0) is 13.1 Å². The molecule has 0 unspecified atom stereocenters. The second-order valence-electron chi connectivity index (χ2n) is 5.12. The average molecular weight is 297 g/mol. The highest BCUT2D eigenvalue weighted by atomic mass is 35.5. The van der Waals surface area contributed by atoms with Crippen molar-refractivity contribution < 1.29 is 4.39 Å². The first-order valence-corrected chi connectivity index (χ1v) is 6.95. The Hall–Kier alpha value is -1.46. The fraction of sp³-hybridized carbons (Fsp3) is 0.429. The van der Waals surface area contributed by atoms with Gasteiger partial charge in [-0.15, -0.1) is 0 Å². The van der Waals surface area contributed by atoms with Gasteiger partial charge in [-0.2, -0.15) is 5.10 Å². The number of hydrogen-bond acceptors (Lipinski definition) is 3. The van der Waals surface area contributed by atoms with E-state index in [9.17, 15) is 4.39 Å². The Morgan fingerprint density at radius 1 is 1.40 bits per heavy atom. The molecule has 0 bridgehead atoms. The third-order valence-corrected chi connectivity index (χ3v) is 3.12. The quantitative estimate of drug-likeness (QED) is 0.891. The zero-order valence-electron chi connectivity index (χ0n) is 11.6.